The molecule has 1 aliphatic heterocycles. The summed E-state index contributed by atoms with van der Waals surface area (Å²) in [6.07, 6.45) is 0.0323. The van der Waals surface area contributed by atoms with Crippen LogP contribution >= 0.6 is 11.3 Å². The molecule has 0 bridgehead atoms. The van der Waals surface area contributed by atoms with E-state index in [2.05, 4.69) is 15.5 Å². The minimum Gasteiger partial charge on any atom is -0.309 e. The van der Waals surface area contributed by atoms with Crippen molar-refractivity contribution >= 4 is 34.0 Å². The second-order valence-electron chi connectivity index (χ2n) is 6.12. The third-order valence-electron chi connectivity index (χ3n) is 4.31. The Kier molecular flexibility index (Phi) is 4.64. The molecule has 4 rings (SSSR count). The monoisotopic (exact) mass is 382 g/mol. The Balaban J connectivity index is 1.45. The van der Waals surface area contributed by atoms with Gasteiger partial charge in [0.15, 0.2) is 0 Å². The Bertz CT molecular complexity index is 992. The Morgan fingerprint density at radius 3 is 2.63 bits per heavy atom. The predicted molar refractivity (Wildman–Crippen MR) is 101 cm³/mol. The van der Waals surface area contributed by atoms with Crippen LogP contribution in [0.5, 0.6) is 0 Å². The number of hydrogen-bond acceptors (Lipinski definition) is 5. The molecule has 3 aromatic rings. The predicted octanol–water partition coefficient (Wildman–Crippen LogP) is 3.34. The largest absolute Gasteiger partial charge is 0.309 e. The number of nitrogens with zero attached hydrogens (tertiary/aromatic N) is 3. The molecular formula is C19H15FN4O2S. The van der Waals surface area contributed by atoms with Gasteiger partial charge in [-0.1, -0.05) is 53.8 Å². The molecule has 0 spiro atoms. The zero-order valence-corrected chi connectivity index (χ0v) is 14.9. The summed E-state index contributed by atoms with van der Waals surface area (Å²) in [5, 5.41) is 11.9. The van der Waals surface area contributed by atoms with Crippen molar-refractivity contribution in [3.8, 4) is 10.6 Å². The number of carbonyl (C=O) groups is 2. The van der Waals surface area contributed by atoms with Gasteiger partial charge in [0, 0.05) is 18.5 Å². The van der Waals surface area contributed by atoms with Crippen LogP contribution in [0.15, 0.2) is 54.6 Å². The lowest BCUT2D eigenvalue weighted by Crippen LogP contribution is -2.28. The quantitative estimate of drug-likeness (QED) is 0.751. The molecule has 2 amide bonds. The fourth-order valence-corrected chi connectivity index (χ4v) is 3.72. The highest BCUT2D eigenvalue weighted by molar-refractivity contribution is 7.18. The number of carbonyl (C=O) groups excluding carboxylic acids is 2. The lowest BCUT2D eigenvalue weighted by Gasteiger charge is -2.17. The first-order chi connectivity index (χ1) is 13.1. The molecule has 2 heterocycles. The fourth-order valence-electron chi connectivity index (χ4n) is 2.97. The van der Waals surface area contributed by atoms with Crippen molar-refractivity contribution in [1.82, 2.24) is 10.2 Å². The number of halogens is 1. The summed E-state index contributed by atoms with van der Waals surface area (Å²) in [5.41, 5.74) is 1.11. The van der Waals surface area contributed by atoms with Crippen LogP contribution in [0.2, 0.25) is 0 Å². The van der Waals surface area contributed by atoms with Gasteiger partial charge in [-0.05, 0) is 12.1 Å². The van der Waals surface area contributed by atoms with Crippen molar-refractivity contribution in [2.75, 3.05) is 16.8 Å². The molecule has 0 saturated carbocycles. The van der Waals surface area contributed by atoms with Crippen molar-refractivity contribution in [2.24, 2.45) is 5.92 Å². The molecule has 6 nitrogen and oxygen atoms in total. The summed E-state index contributed by atoms with van der Waals surface area (Å²) < 4.78 is 13.9. The van der Waals surface area contributed by atoms with E-state index in [9.17, 15) is 14.0 Å². The maximum Gasteiger partial charge on any atom is 0.231 e. The van der Waals surface area contributed by atoms with Crippen molar-refractivity contribution in [1.29, 1.82) is 0 Å². The maximum atomic E-state index is 13.9. The number of rotatable bonds is 4. The maximum absolute atomic E-state index is 13.9. The molecule has 1 fully saturated rings. The van der Waals surface area contributed by atoms with Crippen LogP contribution in [0.4, 0.5) is 15.2 Å². The molecule has 1 atom stereocenters. The van der Waals surface area contributed by atoms with E-state index in [1.165, 1.54) is 28.4 Å². The highest BCUT2D eigenvalue weighted by atomic mass is 32.1. The smallest absolute Gasteiger partial charge is 0.231 e. The summed E-state index contributed by atoms with van der Waals surface area (Å²) in [6.45, 7) is 0.135. The SMILES string of the molecule is O=C(Nc1nnc(-c2ccccc2)s1)C1CC(=O)N(c2ccccc2F)C1. The normalized spacial score (nSPS) is 16.6. The Morgan fingerprint density at radius 1 is 1.11 bits per heavy atom. The van der Waals surface area contributed by atoms with E-state index in [4.69, 9.17) is 0 Å². The molecule has 0 radical (unpaired) electrons. The first-order valence-corrected chi connectivity index (χ1v) is 9.18. The van der Waals surface area contributed by atoms with Crippen LogP contribution in [-0.2, 0) is 9.59 Å². The van der Waals surface area contributed by atoms with Gasteiger partial charge in [0.2, 0.25) is 16.9 Å². The molecule has 8 heteroatoms. The van der Waals surface area contributed by atoms with Gasteiger partial charge in [0.05, 0.1) is 11.6 Å². The van der Waals surface area contributed by atoms with Crippen LogP contribution in [0.1, 0.15) is 6.42 Å². The Morgan fingerprint density at radius 2 is 1.85 bits per heavy atom. The lowest BCUT2D eigenvalue weighted by atomic mass is 10.1. The molecule has 1 aromatic heterocycles. The van der Waals surface area contributed by atoms with Gasteiger partial charge >= 0.3 is 0 Å². The van der Waals surface area contributed by atoms with Gasteiger partial charge in [-0.25, -0.2) is 4.39 Å². The van der Waals surface area contributed by atoms with E-state index in [1.54, 1.807) is 12.1 Å². The molecule has 1 N–H and O–H groups in total. The molecule has 1 saturated heterocycles. The molecule has 136 valence electrons. The first kappa shape index (κ1) is 17.3. The van der Waals surface area contributed by atoms with E-state index in [0.29, 0.717) is 10.1 Å². The first-order valence-electron chi connectivity index (χ1n) is 8.36. The Labute approximate surface area is 158 Å². The van der Waals surface area contributed by atoms with Crippen molar-refractivity contribution in [3.05, 3.63) is 60.4 Å². The number of hydrogen-bond donors (Lipinski definition) is 1. The van der Waals surface area contributed by atoms with E-state index in [-0.39, 0.29) is 30.5 Å². The molecule has 2 aromatic carbocycles. The van der Waals surface area contributed by atoms with Crippen LogP contribution in [0, 0.1) is 11.7 Å². The average molecular weight is 382 g/mol. The van der Waals surface area contributed by atoms with Crippen LogP contribution in [0.25, 0.3) is 10.6 Å². The topological polar surface area (TPSA) is 75.2 Å². The number of nitrogens with one attached hydrogen (secondary N) is 1. The Hall–Kier alpha value is -3.13. The summed E-state index contributed by atoms with van der Waals surface area (Å²) in [4.78, 5) is 26.1. The van der Waals surface area contributed by atoms with E-state index >= 15 is 0 Å². The van der Waals surface area contributed by atoms with Gasteiger partial charge < -0.3 is 10.2 Å². The van der Waals surface area contributed by atoms with Crippen LogP contribution in [0.3, 0.4) is 0 Å². The highest BCUT2D eigenvalue weighted by Crippen LogP contribution is 2.29. The van der Waals surface area contributed by atoms with Gasteiger partial charge in [-0.15, -0.1) is 10.2 Å². The van der Waals surface area contributed by atoms with Gasteiger partial charge in [-0.2, -0.15) is 0 Å². The number of amides is 2. The van der Waals surface area contributed by atoms with Crippen LogP contribution < -0.4 is 10.2 Å². The van der Waals surface area contributed by atoms with Crippen molar-refractivity contribution in [2.45, 2.75) is 6.42 Å². The summed E-state index contributed by atoms with van der Waals surface area (Å²) >= 11 is 1.26. The average Bonchev–Trinajstić information content (AvgIpc) is 3.30. The van der Waals surface area contributed by atoms with E-state index in [1.807, 2.05) is 30.3 Å². The van der Waals surface area contributed by atoms with Crippen LogP contribution in [-0.4, -0.2) is 28.6 Å². The van der Waals surface area contributed by atoms with Gasteiger partial charge in [0.1, 0.15) is 10.8 Å². The number of para-hydroxylation sites is 1. The molecule has 1 unspecified atom stereocenters. The molecule has 1 aliphatic rings. The van der Waals surface area contributed by atoms with Crippen molar-refractivity contribution in [3.63, 3.8) is 0 Å². The fraction of sp³-hybridized carbons (Fsp3) is 0.158. The highest BCUT2D eigenvalue weighted by Gasteiger charge is 2.36. The third-order valence-corrected chi connectivity index (χ3v) is 5.20. The zero-order chi connectivity index (χ0) is 18.8. The van der Waals surface area contributed by atoms with Gasteiger partial charge in [0.25, 0.3) is 0 Å². The molecular weight excluding hydrogens is 367 g/mol. The molecule has 0 aliphatic carbocycles. The third kappa shape index (κ3) is 3.56. The van der Waals surface area contributed by atoms with Gasteiger partial charge in [-0.3, -0.25) is 9.59 Å². The lowest BCUT2D eigenvalue weighted by molar-refractivity contribution is -0.122. The van der Waals surface area contributed by atoms with E-state index in [0.717, 1.165) is 5.56 Å². The zero-order valence-electron chi connectivity index (χ0n) is 14.1. The second kappa shape index (κ2) is 7.24. The summed E-state index contributed by atoms with van der Waals surface area (Å²) in [6, 6.07) is 15.6. The number of aromatic nitrogens is 2. The minimum atomic E-state index is -0.568. The standard InChI is InChI=1S/C19H15FN4O2S/c20-14-8-4-5-9-15(14)24-11-13(10-16(24)25)17(26)21-19-23-22-18(27-19)12-6-2-1-3-7-12/h1-9,13H,10-11H2,(H,21,23,26). The summed E-state index contributed by atoms with van der Waals surface area (Å²) in [5.74, 6) is -1.65. The number of benzene rings is 2. The number of anilines is 2. The van der Waals surface area contributed by atoms with E-state index < -0.39 is 11.7 Å². The minimum absolute atomic E-state index is 0.0323. The second-order valence-corrected chi connectivity index (χ2v) is 7.10. The summed E-state index contributed by atoms with van der Waals surface area (Å²) in [7, 11) is 0. The molecule has 27 heavy (non-hydrogen) atoms. The van der Waals surface area contributed by atoms with Crippen molar-refractivity contribution < 1.29 is 14.0 Å².